The first kappa shape index (κ1) is 20.6. The Morgan fingerprint density at radius 3 is 2.48 bits per heavy atom. The number of thiophene rings is 1. The molecule has 0 aliphatic rings. The molecule has 0 aliphatic heterocycles. The third-order valence-electron chi connectivity index (χ3n) is 5.06. The van der Waals surface area contributed by atoms with Gasteiger partial charge in [0.25, 0.3) is 5.56 Å². The average molecular weight is 436 g/mol. The lowest BCUT2D eigenvalue weighted by atomic mass is 10.1. The minimum atomic E-state index is -1.13. The molecule has 6 nitrogen and oxygen atoms in total. The number of aromatic nitrogens is 2. The van der Waals surface area contributed by atoms with Gasteiger partial charge in [0.05, 0.1) is 11.9 Å². The highest BCUT2D eigenvalue weighted by Gasteiger charge is 2.23. The molecule has 2 aromatic heterocycles. The van der Waals surface area contributed by atoms with Gasteiger partial charge in [-0.25, -0.2) is 14.2 Å². The summed E-state index contributed by atoms with van der Waals surface area (Å²) in [4.78, 5) is 42.8. The van der Waals surface area contributed by atoms with Gasteiger partial charge in [0, 0.05) is 11.1 Å². The average Bonchev–Trinajstić information content (AvgIpc) is 3.09. The monoisotopic (exact) mass is 436 g/mol. The molecule has 0 bridgehead atoms. The van der Waals surface area contributed by atoms with Crippen LogP contribution in [0.25, 0.3) is 21.6 Å². The van der Waals surface area contributed by atoms with E-state index < -0.39 is 17.3 Å². The van der Waals surface area contributed by atoms with Crippen molar-refractivity contribution in [1.29, 1.82) is 0 Å². The summed E-state index contributed by atoms with van der Waals surface area (Å²) in [6.45, 7) is 2.81. The summed E-state index contributed by atoms with van der Waals surface area (Å²) in [5.74, 6) is -1.67. The Bertz CT molecular complexity index is 1410. The van der Waals surface area contributed by atoms with E-state index in [-0.39, 0.29) is 34.0 Å². The van der Waals surface area contributed by atoms with E-state index in [1.807, 2.05) is 6.07 Å². The number of nitrogens with zero attached hydrogens (tertiary/aromatic N) is 2. The summed E-state index contributed by atoms with van der Waals surface area (Å²) in [5, 5.41) is 9.63. The Hall–Kier alpha value is -3.65. The van der Waals surface area contributed by atoms with Crippen molar-refractivity contribution in [3.8, 4) is 11.4 Å². The van der Waals surface area contributed by atoms with Gasteiger partial charge in [-0.3, -0.25) is 14.2 Å². The SMILES string of the molecule is Cc1cc(C(=O)Cn2c(-c3ccccc3)nc3sc(C(=O)O)c(C)c3c2=O)ccc1F. The highest BCUT2D eigenvalue weighted by Crippen LogP contribution is 2.29. The van der Waals surface area contributed by atoms with Crippen LogP contribution in [0, 0.1) is 19.7 Å². The molecule has 4 aromatic rings. The van der Waals surface area contributed by atoms with Crippen LogP contribution in [-0.2, 0) is 6.54 Å². The first-order valence-electron chi connectivity index (χ1n) is 9.40. The zero-order chi connectivity index (χ0) is 22.3. The van der Waals surface area contributed by atoms with Crippen molar-refractivity contribution in [1.82, 2.24) is 9.55 Å². The van der Waals surface area contributed by atoms with Gasteiger partial charge in [-0.1, -0.05) is 30.3 Å². The Morgan fingerprint density at radius 1 is 1.13 bits per heavy atom. The number of carbonyl (C=O) groups excluding carboxylic acids is 1. The van der Waals surface area contributed by atoms with Gasteiger partial charge in [-0.15, -0.1) is 11.3 Å². The van der Waals surface area contributed by atoms with Crippen LogP contribution in [-0.4, -0.2) is 26.4 Å². The number of benzene rings is 2. The van der Waals surface area contributed by atoms with E-state index in [0.29, 0.717) is 21.5 Å². The lowest BCUT2D eigenvalue weighted by molar-refractivity contribution is 0.0701. The molecule has 0 unspecified atom stereocenters. The Balaban J connectivity index is 1.93. The van der Waals surface area contributed by atoms with E-state index >= 15 is 0 Å². The van der Waals surface area contributed by atoms with Crippen molar-refractivity contribution in [2.45, 2.75) is 20.4 Å². The Kier molecular flexibility index (Phi) is 5.24. The summed E-state index contributed by atoms with van der Waals surface area (Å²) in [6.07, 6.45) is 0. The van der Waals surface area contributed by atoms with Crippen LogP contribution in [0.15, 0.2) is 53.3 Å². The molecular formula is C23H17FN2O4S. The number of fused-ring (bicyclic) bond motifs is 1. The quantitative estimate of drug-likeness (QED) is 0.467. The summed E-state index contributed by atoms with van der Waals surface area (Å²) < 4.78 is 14.9. The van der Waals surface area contributed by atoms with Crippen LogP contribution < -0.4 is 5.56 Å². The van der Waals surface area contributed by atoms with Crippen LogP contribution in [0.3, 0.4) is 0 Å². The number of Topliss-reactive ketones (excluding diaryl/α,β-unsaturated/α-hetero) is 1. The summed E-state index contributed by atoms with van der Waals surface area (Å²) >= 11 is 0.932. The van der Waals surface area contributed by atoms with E-state index in [4.69, 9.17) is 0 Å². The van der Waals surface area contributed by atoms with E-state index in [0.717, 1.165) is 11.3 Å². The maximum atomic E-state index is 13.6. The molecule has 0 amide bonds. The second kappa shape index (κ2) is 7.88. The molecule has 8 heteroatoms. The van der Waals surface area contributed by atoms with Gasteiger partial charge >= 0.3 is 5.97 Å². The molecule has 2 heterocycles. The summed E-state index contributed by atoms with van der Waals surface area (Å²) in [7, 11) is 0. The second-order valence-corrected chi connectivity index (χ2v) is 8.12. The molecule has 4 rings (SSSR count). The standard InChI is InChI=1S/C23H17FN2O4S/c1-12-10-15(8-9-16(12)24)17(27)11-26-20(14-6-4-3-5-7-14)25-21-18(22(26)28)13(2)19(31-21)23(29)30/h3-10H,11H2,1-2H3,(H,29,30). The van der Waals surface area contributed by atoms with Crippen LogP contribution in [0.2, 0.25) is 0 Å². The smallest absolute Gasteiger partial charge is 0.346 e. The Morgan fingerprint density at radius 2 is 1.84 bits per heavy atom. The predicted molar refractivity (Wildman–Crippen MR) is 116 cm³/mol. The van der Waals surface area contributed by atoms with Gasteiger partial charge in [-0.05, 0) is 43.2 Å². The molecule has 1 N–H and O–H groups in total. The number of aryl methyl sites for hydroxylation is 2. The van der Waals surface area contributed by atoms with Crippen LogP contribution in [0.4, 0.5) is 4.39 Å². The molecule has 0 saturated carbocycles. The van der Waals surface area contributed by atoms with Crippen LogP contribution >= 0.6 is 11.3 Å². The molecule has 0 saturated heterocycles. The number of aromatic carboxylic acids is 1. The van der Waals surface area contributed by atoms with Crippen molar-refractivity contribution in [2.75, 3.05) is 0 Å². The van der Waals surface area contributed by atoms with Gasteiger partial charge in [-0.2, -0.15) is 0 Å². The maximum absolute atomic E-state index is 13.6. The molecule has 2 aromatic carbocycles. The number of carbonyl (C=O) groups is 2. The topological polar surface area (TPSA) is 89.3 Å². The number of hydrogen-bond donors (Lipinski definition) is 1. The number of ketones is 1. The number of rotatable bonds is 5. The highest BCUT2D eigenvalue weighted by molar-refractivity contribution is 7.20. The zero-order valence-electron chi connectivity index (χ0n) is 16.7. The van der Waals surface area contributed by atoms with E-state index in [1.165, 1.54) is 22.8 Å². The molecule has 0 spiro atoms. The number of carboxylic acids is 1. The minimum absolute atomic E-state index is 0.0387. The minimum Gasteiger partial charge on any atom is -0.477 e. The van der Waals surface area contributed by atoms with Crippen molar-refractivity contribution in [3.05, 3.63) is 86.3 Å². The largest absolute Gasteiger partial charge is 0.477 e. The molecule has 0 aliphatic carbocycles. The van der Waals surface area contributed by atoms with Crippen molar-refractivity contribution >= 4 is 33.3 Å². The fourth-order valence-electron chi connectivity index (χ4n) is 3.43. The van der Waals surface area contributed by atoms with Crippen LogP contribution in [0.1, 0.15) is 31.2 Å². The molecule has 0 fully saturated rings. The molecule has 0 atom stereocenters. The summed E-state index contributed by atoms with van der Waals surface area (Å²) in [5.41, 5.74) is 1.06. The fourth-order valence-corrected chi connectivity index (χ4v) is 4.44. The highest BCUT2D eigenvalue weighted by atomic mass is 32.1. The second-order valence-electron chi connectivity index (χ2n) is 7.12. The molecule has 0 radical (unpaired) electrons. The zero-order valence-corrected chi connectivity index (χ0v) is 17.5. The van der Waals surface area contributed by atoms with E-state index in [1.54, 1.807) is 38.1 Å². The Labute approximate surface area is 180 Å². The number of hydrogen-bond acceptors (Lipinski definition) is 5. The van der Waals surface area contributed by atoms with E-state index in [2.05, 4.69) is 4.98 Å². The third kappa shape index (κ3) is 3.66. The van der Waals surface area contributed by atoms with Crippen molar-refractivity contribution in [2.24, 2.45) is 0 Å². The molecule has 156 valence electrons. The first-order chi connectivity index (χ1) is 14.8. The van der Waals surface area contributed by atoms with E-state index in [9.17, 15) is 23.9 Å². The van der Waals surface area contributed by atoms with Crippen molar-refractivity contribution < 1.29 is 19.1 Å². The summed E-state index contributed by atoms with van der Waals surface area (Å²) in [6, 6.07) is 12.9. The normalized spacial score (nSPS) is 11.1. The van der Waals surface area contributed by atoms with Gasteiger partial charge in [0.1, 0.15) is 21.3 Å². The maximum Gasteiger partial charge on any atom is 0.346 e. The van der Waals surface area contributed by atoms with Crippen LogP contribution in [0.5, 0.6) is 0 Å². The van der Waals surface area contributed by atoms with Crippen molar-refractivity contribution in [3.63, 3.8) is 0 Å². The van der Waals surface area contributed by atoms with Gasteiger partial charge in [0.15, 0.2) is 5.78 Å². The lowest BCUT2D eigenvalue weighted by Crippen LogP contribution is -2.27. The lowest BCUT2D eigenvalue weighted by Gasteiger charge is -2.13. The third-order valence-corrected chi connectivity index (χ3v) is 6.23. The van der Waals surface area contributed by atoms with Gasteiger partial charge < -0.3 is 5.11 Å². The van der Waals surface area contributed by atoms with Gasteiger partial charge in [0.2, 0.25) is 0 Å². The first-order valence-corrected chi connectivity index (χ1v) is 10.2. The number of carboxylic acid groups (broad SMARTS) is 1. The fraction of sp³-hybridized carbons (Fsp3) is 0.130. The predicted octanol–water partition coefficient (Wildman–Crippen LogP) is 4.46. The molecule has 31 heavy (non-hydrogen) atoms. The number of halogens is 1. The molecular weight excluding hydrogens is 419 g/mol.